The van der Waals surface area contributed by atoms with E-state index in [2.05, 4.69) is 5.10 Å². The molecule has 6 nitrogen and oxygen atoms in total. The molecule has 30 heavy (non-hydrogen) atoms. The zero-order valence-electron chi connectivity index (χ0n) is 17.2. The Morgan fingerprint density at radius 2 is 1.93 bits per heavy atom. The highest BCUT2D eigenvalue weighted by Gasteiger charge is 2.29. The van der Waals surface area contributed by atoms with Gasteiger partial charge in [-0.05, 0) is 58.2 Å². The third kappa shape index (κ3) is 3.84. The molecule has 0 radical (unpaired) electrons. The van der Waals surface area contributed by atoms with Gasteiger partial charge in [-0.1, -0.05) is 23.7 Å². The van der Waals surface area contributed by atoms with Crippen molar-refractivity contribution in [2.24, 2.45) is 0 Å². The Morgan fingerprint density at radius 1 is 1.23 bits per heavy atom. The highest BCUT2D eigenvalue weighted by atomic mass is 35.5. The Labute approximate surface area is 184 Å². The van der Waals surface area contributed by atoms with Crippen LogP contribution in [0, 0.1) is 6.92 Å². The van der Waals surface area contributed by atoms with Gasteiger partial charge in [-0.3, -0.25) is 4.79 Å². The quantitative estimate of drug-likeness (QED) is 0.530. The van der Waals surface area contributed by atoms with Crippen molar-refractivity contribution in [1.82, 2.24) is 14.7 Å². The van der Waals surface area contributed by atoms with Crippen LogP contribution in [-0.4, -0.2) is 45.2 Å². The summed E-state index contributed by atoms with van der Waals surface area (Å²) in [6.45, 7) is 5.74. The fraction of sp³-hybridized carbons (Fsp3) is 0.409. The second-order valence-corrected chi connectivity index (χ2v) is 9.22. The van der Waals surface area contributed by atoms with E-state index in [-0.39, 0.29) is 24.6 Å². The first kappa shape index (κ1) is 20.9. The van der Waals surface area contributed by atoms with Crippen LogP contribution < -0.4 is 0 Å². The molecule has 0 N–H and O–H groups in total. The number of thiophene rings is 1. The third-order valence-corrected chi connectivity index (χ3v) is 7.04. The van der Waals surface area contributed by atoms with E-state index < -0.39 is 5.97 Å². The number of fused-ring (bicyclic) bond motifs is 1. The average Bonchev–Trinajstić information content (AvgIpc) is 3.27. The van der Waals surface area contributed by atoms with Crippen molar-refractivity contribution in [3.8, 4) is 5.69 Å². The van der Waals surface area contributed by atoms with Crippen LogP contribution >= 0.6 is 22.9 Å². The second-order valence-electron chi connectivity index (χ2n) is 7.78. The number of amides is 1. The molecule has 4 rings (SSSR count). The molecule has 0 bridgehead atoms. The Balaban J connectivity index is 1.52. The summed E-state index contributed by atoms with van der Waals surface area (Å²) >= 11 is 7.62. The minimum atomic E-state index is -0.494. The number of aryl methyl sites for hydroxylation is 1. The standard InChI is InChI=1S/C22H24ClN3O3S/c1-13-7-6-8-14(2)25(13)20(27)12-29-22(28)19-11-16-15(3)24-26(21(16)30-19)18-10-5-4-9-17(18)23/h4-5,9-11,13-14H,6-8,12H2,1-3H3/t13-,14-/m1/s1. The SMILES string of the molecule is Cc1nn(-c2ccccc2Cl)c2sc(C(=O)OCC(=O)N3[C@H](C)CCC[C@H]3C)cc12. The van der Waals surface area contributed by atoms with E-state index in [0.29, 0.717) is 9.90 Å². The van der Waals surface area contributed by atoms with Gasteiger partial charge in [0.05, 0.1) is 16.4 Å². The molecule has 0 aliphatic carbocycles. The number of ether oxygens (including phenoxy) is 1. The number of esters is 1. The number of hydrogen-bond acceptors (Lipinski definition) is 5. The molecule has 1 saturated heterocycles. The van der Waals surface area contributed by atoms with Crippen LogP contribution in [-0.2, 0) is 9.53 Å². The maximum absolute atomic E-state index is 12.7. The molecule has 2 aromatic heterocycles. The molecular weight excluding hydrogens is 422 g/mol. The second kappa shape index (κ2) is 8.40. The van der Waals surface area contributed by atoms with Crippen molar-refractivity contribution >= 4 is 45.0 Å². The summed E-state index contributed by atoms with van der Waals surface area (Å²) < 4.78 is 7.12. The Hall–Kier alpha value is -2.38. The van der Waals surface area contributed by atoms with Gasteiger partial charge in [0.2, 0.25) is 0 Å². The summed E-state index contributed by atoms with van der Waals surface area (Å²) in [6.07, 6.45) is 3.09. The highest BCUT2D eigenvalue weighted by Crippen LogP contribution is 2.32. The van der Waals surface area contributed by atoms with E-state index in [4.69, 9.17) is 16.3 Å². The molecule has 1 aliphatic heterocycles. The Kier molecular flexibility index (Phi) is 5.84. The summed E-state index contributed by atoms with van der Waals surface area (Å²) in [6, 6.07) is 9.55. The minimum Gasteiger partial charge on any atom is -0.451 e. The molecule has 0 saturated carbocycles. The molecule has 8 heteroatoms. The number of hydrogen-bond donors (Lipinski definition) is 0. The van der Waals surface area contributed by atoms with Crippen LogP contribution in [0.2, 0.25) is 5.02 Å². The van der Waals surface area contributed by atoms with E-state index in [9.17, 15) is 9.59 Å². The van der Waals surface area contributed by atoms with Crippen molar-refractivity contribution in [2.75, 3.05) is 6.61 Å². The molecule has 1 amide bonds. The first-order chi connectivity index (χ1) is 14.4. The van der Waals surface area contributed by atoms with Crippen molar-refractivity contribution in [1.29, 1.82) is 0 Å². The molecule has 2 atom stereocenters. The maximum atomic E-state index is 12.7. The van der Waals surface area contributed by atoms with Crippen molar-refractivity contribution < 1.29 is 14.3 Å². The molecule has 1 aliphatic rings. The van der Waals surface area contributed by atoms with Crippen LogP contribution in [0.25, 0.3) is 15.9 Å². The van der Waals surface area contributed by atoms with Crippen LogP contribution in [0.5, 0.6) is 0 Å². The van der Waals surface area contributed by atoms with Gasteiger partial charge in [0.25, 0.3) is 5.91 Å². The Bertz CT molecular complexity index is 1100. The lowest BCUT2D eigenvalue weighted by atomic mass is 9.97. The monoisotopic (exact) mass is 445 g/mol. The zero-order valence-corrected chi connectivity index (χ0v) is 18.8. The van der Waals surface area contributed by atoms with E-state index in [1.54, 1.807) is 16.8 Å². The molecule has 1 aromatic carbocycles. The first-order valence-electron chi connectivity index (χ1n) is 10.1. The fourth-order valence-electron chi connectivity index (χ4n) is 4.12. The average molecular weight is 446 g/mol. The van der Waals surface area contributed by atoms with Gasteiger partial charge in [0.15, 0.2) is 6.61 Å². The number of carbonyl (C=O) groups is 2. The van der Waals surface area contributed by atoms with E-state index in [0.717, 1.165) is 40.9 Å². The maximum Gasteiger partial charge on any atom is 0.348 e. The van der Waals surface area contributed by atoms with Gasteiger partial charge in [-0.25, -0.2) is 9.48 Å². The number of halogens is 1. The van der Waals surface area contributed by atoms with Crippen molar-refractivity contribution in [2.45, 2.75) is 52.1 Å². The lowest BCUT2D eigenvalue weighted by Crippen LogP contribution is -2.49. The predicted octanol–water partition coefficient (Wildman–Crippen LogP) is 5.00. The van der Waals surface area contributed by atoms with Crippen LogP contribution in [0.3, 0.4) is 0 Å². The zero-order chi connectivity index (χ0) is 21.4. The van der Waals surface area contributed by atoms with E-state index in [1.807, 2.05) is 43.9 Å². The Morgan fingerprint density at radius 3 is 2.63 bits per heavy atom. The summed E-state index contributed by atoms with van der Waals surface area (Å²) in [5, 5.41) is 6.01. The summed E-state index contributed by atoms with van der Waals surface area (Å²) in [5.74, 6) is -0.630. The van der Waals surface area contributed by atoms with Gasteiger partial charge in [0, 0.05) is 17.5 Å². The van der Waals surface area contributed by atoms with Crippen LogP contribution in [0.4, 0.5) is 0 Å². The van der Waals surface area contributed by atoms with Gasteiger partial charge in [-0.15, -0.1) is 11.3 Å². The van der Waals surface area contributed by atoms with Gasteiger partial charge >= 0.3 is 5.97 Å². The summed E-state index contributed by atoms with van der Waals surface area (Å²) in [4.78, 5) is 28.4. The highest BCUT2D eigenvalue weighted by molar-refractivity contribution is 7.20. The number of carbonyl (C=O) groups excluding carboxylic acids is 2. The number of rotatable bonds is 4. The largest absolute Gasteiger partial charge is 0.451 e. The third-order valence-electron chi connectivity index (χ3n) is 5.63. The number of piperidine rings is 1. The number of aromatic nitrogens is 2. The van der Waals surface area contributed by atoms with E-state index in [1.165, 1.54) is 11.3 Å². The number of likely N-dealkylation sites (tertiary alicyclic amines) is 1. The van der Waals surface area contributed by atoms with Gasteiger partial charge in [-0.2, -0.15) is 5.10 Å². The smallest absolute Gasteiger partial charge is 0.348 e. The molecule has 158 valence electrons. The molecule has 3 heterocycles. The normalized spacial score (nSPS) is 19.3. The van der Waals surface area contributed by atoms with Gasteiger partial charge in [0.1, 0.15) is 9.71 Å². The number of para-hydroxylation sites is 1. The van der Waals surface area contributed by atoms with Crippen molar-refractivity contribution in [3.05, 3.63) is 45.9 Å². The predicted molar refractivity (Wildman–Crippen MR) is 119 cm³/mol. The summed E-state index contributed by atoms with van der Waals surface area (Å²) in [5.41, 5.74) is 1.55. The number of benzene rings is 1. The molecule has 0 unspecified atom stereocenters. The molecule has 0 spiro atoms. The molecule has 1 fully saturated rings. The molecular formula is C22H24ClN3O3S. The van der Waals surface area contributed by atoms with Gasteiger partial charge < -0.3 is 9.64 Å². The van der Waals surface area contributed by atoms with Crippen molar-refractivity contribution in [3.63, 3.8) is 0 Å². The lowest BCUT2D eigenvalue weighted by Gasteiger charge is -2.38. The fourth-order valence-corrected chi connectivity index (χ4v) is 5.41. The summed E-state index contributed by atoms with van der Waals surface area (Å²) in [7, 11) is 0. The molecule has 3 aromatic rings. The van der Waals surface area contributed by atoms with Crippen LogP contribution in [0.1, 0.15) is 48.5 Å². The van der Waals surface area contributed by atoms with Crippen LogP contribution in [0.15, 0.2) is 30.3 Å². The topological polar surface area (TPSA) is 64.4 Å². The number of nitrogens with zero attached hydrogens (tertiary/aromatic N) is 3. The lowest BCUT2D eigenvalue weighted by molar-refractivity contribution is -0.140. The van der Waals surface area contributed by atoms with E-state index >= 15 is 0 Å². The first-order valence-corrected chi connectivity index (χ1v) is 11.3. The minimum absolute atomic E-state index is 0.136.